The number of hydrogen-bond donors (Lipinski definition) is 2. The maximum Gasteiger partial charge on any atom is 0.222 e. The van der Waals surface area contributed by atoms with Crippen LogP contribution in [-0.2, 0) is 16.1 Å². The summed E-state index contributed by atoms with van der Waals surface area (Å²) in [5.74, 6) is 1.12. The number of hydrogen-bond acceptors (Lipinski definition) is 4. The number of ether oxygens (including phenoxy) is 1. The third-order valence-corrected chi connectivity index (χ3v) is 5.16. The van der Waals surface area contributed by atoms with Gasteiger partial charge in [0, 0.05) is 51.4 Å². The van der Waals surface area contributed by atoms with Gasteiger partial charge in [0.15, 0.2) is 5.96 Å². The van der Waals surface area contributed by atoms with Crippen LogP contribution in [0.25, 0.3) is 0 Å². The molecule has 2 fully saturated rings. The molecule has 1 aromatic rings. The van der Waals surface area contributed by atoms with E-state index in [9.17, 15) is 4.79 Å². The summed E-state index contributed by atoms with van der Waals surface area (Å²) < 4.78 is 5.48. The van der Waals surface area contributed by atoms with Crippen molar-refractivity contribution < 1.29 is 9.53 Å². The number of guanidine groups is 1. The molecule has 7 heteroatoms. The number of para-hydroxylation sites is 1. The van der Waals surface area contributed by atoms with Crippen LogP contribution in [0.5, 0.6) is 0 Å². The van der Waals surface area contributed by atoms with Gasteiger partial charge in [-0.1, -0.05) is 18.2 Å². The second-order valence-corrected chi connectivity index (χ2v) is 7.19. The molecule has 1 aromatic carbocycles. The number of nitrogens with zero attached hydrogens (tertiary/aromatic N) is 3. The Bertz CT molecular complexity index is 658. The summed E-state index contributed by atoms with van der Waals surface area (Å²) in [6.07, 6.45) is 2.64. The molecule has 0 radical (unpaired) electrons. The normalized spacial score (nSPS) is 17.9. The van der Waals surface area contributed by atoms with Gasteiger partial charge in [-0.25, -0.2) is 4.99 Å². The van der Waals surface area contributed by atoms with E-state index in [2.05, 4.69) is 46.7 Å². The van der Waals surface area contributed by atoms with Gasteiger partial charge in [0.2, 0.25) is 5.91 Å². The van der Waals surface area contributed by atoms with Crippen LogP contribution in [0.2, 0.25) is 0 Å². The van der Waals surface area contributed by atoms with E-state index in [1.54, 1.807) is 0 Å². The van der Waals surface area contributed by atoms with Crippen molar-refractivity contribution in [3.63, 3.8) is 0 Å². The lowest BCUT2D eigenvalue weighted by molar-refractivity contribution is -0.127. The summed E-state index contributed by atoms with van der Waals surface area (Å²) in [6.45, 7) is 9.47. The first-order valence-corrected chi connectivity index (χ1v) is 10.5. The largest absolute Gasteiger partial charge is 0.378 e. The first kappa shape index (κ1) is 20.5. The van der Waals surface area contributed by atoms with Gasteiger partial charge in [-0.15, -0.1) is 0 Å². The van der Waals surface area contributed by atoms with Crippen molar-refractivity contribution in [2.75, 3.05) is 57.4 Å². The topological polar surface area (TPSA) is 69.2 Å². The van der Waals surface area contributed by atoms with E-state index in [1.807, 2.05) is 4.90 Å². The predicted molar refractivity (Wildman–Crippen MR) is 113 cm³/mol. The molecule has 2 heterocycles. The van der Waals surface area contributed by atoms with Crippen molar-refractivity contribution in [1.82, 2.24) is 15.5 Å². The van der Waals surface area contributed by atoms with Crippen molar-refractivity contribution in [3.8, 4) is 0 Å². The van der Waals surface area contributed by atoms with Crippen LogP contribution in [0.3, 0.4) is 0 Å². The molecule has 0 aromatic heterocycles. The number of amides is 1. The smallest absolute Gasteiger partial charge is 0.222 e. The van der Waals surface area contributed by atoms with Crippen LogP contribution in [0.15, 0.2) is 29.3 Å². The van der Waals surface area contributed by atoms with Gasteiger partial charge in [0.05, 0.1) is 19.8 Å². The van der Waals surface area contributed by atoms with Gasteiger partial charge in [0.25, 0.3) is 0 Å². The highest BCUT2D eigenvalue weighted by molar-refractivity contribution is 5.80. The van der Waals surface area contributed by atoms with E-state index in [1.165, 1.54) is 11.3 Å². The third-order valence-electron chi connectivity index (χ3n) is 5.16. The zero-order chi connectivity index (χ0) is 19.6. The number of likely N-dealkylation sites (tertiary alicyclic amines) is 1. The number of aliphatic imine (C=N–C) groups is 1. The van der Waals surface area contributed by atoms with E-state index in [0.29, 0.717) is 18.9 Å². The Morgan fingerprint density at radius 3 is 2.75 bits per heavy atom. The van der Waals surface area contributed by atoms with Gasteiger partial charge in [-0.3, -0.25) is 4.79 Å². The Balaban J connectivity index is 1.53. The van der Waals surface area contributed by atoms with Crippen LogP contribution >= 0.6 is 0 Å². The van der Waals surface area contributed by atoms with E-state index in [-0.39, 0.29) is 0 Å². The van der Waals surface area contributed by atoms with Crippen molar-refractivity contribution >= 4 is 17.6 Å². The average molecular weight is 388 g/mol. The Kier molecular flexibility index (Phi) is 7.96. The highest BCUT2D eigenvalue weighted by Crippen LogP contribution is 2.22. The third kappa shape index (κ3) is 5.86. The quantitative estimate of drug-likeness (QED) is 0.403. The van der Waals surface area contributed by atoms with Gasteiger partial charge in [-0.2, -0.15) is 0 Å². The lowest BCUT2D eigenvalue weighted by atomic mass is 10.1. The Labute approximate surface area is 168 Å². The summed E-state index contributed by atoms with van der Waals surface area (Å²) in [6, 6.07) is 8.48. The lowest BCUT2D eigenvalue weighted by Crippen LogP contribution is -2.39. The Morgan fingerprint density at radius 1 is 1.18 bits per heavy atom. The number of nitrogens with one attached hydrogen (secondary N) is 2. The van der Waals surface area contributed by atoms with Crippen molar-refractivity contribution in [1.29, 1.82) is 0 Å². The minimum Gasteiger partial charge on any atom is -0.378 e. The summed E-state index contributed by atoms with van der Waals surface area (Å²) in [4.78, 5) is 20.8. The molecular formula is C21H33N5O2. The molecule has 154 valence electrons. The van der Waals surface area contributed by atoms with Gasteiger partial charge >= 0.3 is 0 Å². The maximum atomic E-state index is 11.7. The van der Waals surface area contributed by atoms with Gasteiger partial charge in [0.1, 0.15) is 0 Å². The zero-order valence-corrected chi connectivity index (χ0v) is 17.0. The number of benzene rings is 1. The van der Waals surface area contributed by atoms with Crippen LogP contribution in [0, 0.1) is 0 Å². The molecule has 2 N–H and O–H groups in total. The fourth-order valence-electron chi connectivity index (χ4n) is 3.68. The standard InChI is InChI=1S/C21H33N5O2/c1-2-22-21(23-10-6-12-26-11-5-9-20(26)27)24-17-18-7-3-4-8-19(18)25-13-15-28-16-14-25/h3-4,7-8H,2,5-6,9-17H2,1H3,(H2,22,23,24). The monoisotopic (exact) mass is 387 g/mol. The molecule has 0 unspecified atom stereocenters. The first-order chi connectivity index (χ1) is 13.8. The SMILES string of the molecule is CCNC(=NCc1ccccc1N1CCOCC1)NCCCN1CCCC1=O. The highest BCUT2D eigenvalue weighted by atomic mass is 16.5. The maximum absolute atomic E-state index is 11.7. The molecule has 2 aliphatic rings. The summed E-state index contributed by atoms with van der Waals surface area (Å²) in [7, 11) is 0. The number of rotatable bonds is 8. The van der Waals surface area contributed by atoms with Crippen molar-refractivity contribution in [2.45, 2.75) is 32.7 Å². The lowest BCUT2D eigenvalue weighted by Gasteiger charge is -2.30. The molecule has 3 rings (SSSR count). The summed E-state index contributed by atoms with van der Waals surface area (Å²) in [5, 5.41) is 6.71. The zero-order valence-electron chi connectivity index (χ0n) is 17.0. The molecule has 0 aliphatic carbocycles. The van der Waals surface area contributed by atoms with Crippen LogP contribution in [0.4, 0.5) is 5.69 Å². The first-order valence-electron chi connectivity index (χ1n) is 10.5. The molecule has 2 saturated heterocycles. The predicted octanol–water partition coefficient (Wildman–Crippen LogP) is 1.59. The molecule has 1 amide bonds. The van der Waals surface area contributed by atoms with E-state index in [0.717, 1.165) is 71.3 Å². The average Bonchev–Trinajstić information content (AvgIpc) is 3.15. The van der Waals surface area contributed by atoms with Crippen LogP contribution in [0.1, 0.15) is 31.7 Å². The van der Waals surface area contributed by atoms with Crippen LogP contribution < -0.4 is 15.5 Å². The molecule has 0 atom stereocenters. The number of morpholine rings is 1. The molecule has 0 spiro atoms. The van der Waals surface area contributed by atoms with Crippen LogP contribution in [-0.4, -0.2) is 69.2 Å². The highest BCUT2D eigenvalue weighted by Gasteiger charge is 2.19. The fourth-order valence-corrected chi connectivity index (χ4v) is 3.68. The fraction of sp³-hybridized carbons (Fsp3) is 0.619. The van der Waals surface area contributed by atoms with Gasteiger partial charge in [-0.05, 0) is 31.4 Å². The second-order valence-electron chi connectivity index (χ2n) is 7.19. The molecule has 0 saturated carbocycles. The van der Waals surface area contributed by atoms with E-state index in [4.69, 9.17) is 9.73 Å². The minimum absolute atomic E-state index is 0.292. The minimum atomic E-state index is 0.292. The molecule has 7 nitrogen and oxygen atoms in total. The Hall–Kier alpha value is -2.28. The molecule has 28 heavy (non-hydrogen) atoms. The summed E-state index contributed by atoms with van der Waals surface area (Å²) >= 11 is 0. The van der Waals surface area contributed by atoms with Crippen molar-refractivity contribution in [3.05, 3.63) is 29.8 Å². The number of anilines is 1. The van der Waals surface area contributed by atoms with Crippen molar-refractivity contribution in [2.24, 2.45) is 4.99 Å². The van der Waals surface area contributed by atoms with E-state index >= 15 is 0 Å². The number of carbonyl (C=O) groups is 1. The van der Waals surface area contributed by atoms with Gasteiger partial charge < -0.3 is 25.2 Å². The summed E-state index contributed by atoms with van der Waals surface area (Å²) in [5.41, 5.74) is 2.47. The molecule has 2 aliphatic heterocycles. The number of carbonyl (C=O) groups excluding carboxylic acids is 1. The van der Waals surface area contributed by atoms with E-state index < -0.39 is 0 Å². The molecule has 0 bridgehead atoms. The second kappa shape index (κ2) is 10.9. The molecular weight excluding hydrogens is 354 g/mol. The Morgan fingerprint density at radius 2 is 2.00 bits per heavy atom.